The zero-order chi connectivity index (χ0) is 11.5. The van der Waals surface area contributed by atoms with E-state index in [1.807, 2.05) is 19.1 Å². The van der Waals surface area contributed by atoms with E-state index in [-0.39, 0.29) is 0 Å². The van der Waals surface area contributed by atoms with Gasteiger partial charge in [0.15, 0.2) is 5.82 Å². The van der Waals surface area contributed by atoms with Gasteiger partial charge in [0, 0.05) is 17.5 Å². The molecule has 84 valence electrons. The third kappa shape index (κ3) is 2.55. The van der Waals surface area contributed by atoms with Crippen LogP contribution >= 0.6 is 11.8 Å². The Labute approximate surface area is 98.2 Å². The highest BCUT2D eigenvalue weighted by Crippen LogP contribution is 2.24. The van der Waals surface area contributed by atoms with Gasteiger partial charge in [-0.1, -0.05) is 5.16 Å². The number of nitrogens with zero attached hydrogens (tertiary/aromatic N) is 2. The Kier molecular flexibility index (Phi) is 3.14. The fourth-order valence-corrected chi connectivity index (χ4v) is 2.12. The average molecular weight is 235 g/mol. The average Bonchev–Trinajstić information content (AvgIpc) is 2.66. The minimum Gasteiger partial charge on any atom is -0.399 e. The van der Waals surface area contributed by atoms with E-state index in [2.05, 4.69) is 16.2 Å². The first-order valence-electron chi connectivity index (χ1n) is 4.93. The molecule has 0 fully saturated rings. The van der Waals surface area contributed by atoms with Crippen LogP contribution < -0.4 is 5.73 Å². The first-order chi connectivity index (χ1) is 7.65. The van der Waals surface area contributed by atoms with Crippen LogP contribution in [0, 0.1) is 13.8 Å². The molecule has 0 unspecified atom stereocenters. The Hall–Kier alpha value is -1.49. The number of rotatable bonds is 3. The maximum Gasteiger partial charge on any atom is 0.223 e. The summed E-state index contributed by atoms with van der Waals surface area (Å²) in [7, 11) is 0. The number of hydrogen-bond acceptors (Lipinski definition) is 5. The Balaban J connectivity index is 2.02. The molecular formula is C11H13N3OS. The molecular weight excluding hydrogens is 222 g/mol. The van der Waals surface area contributed by atoms with E-state index in [9.17, 15) is 0 Å². The van der Waals surface area contributed by atoms with Gasteiger partial charge in [-0.25, -0.2) is 0 Å². The molecule has 0 spiro atoms. The predicted molar refractivity (Wildman–Crippen MR) is 64.2 cm³/mol. The molecule has 16 heavy (non-hydrogen) atoms. The lowest BCUT2D eigenvalue weighted by atomic mass is 10.2. The monoisotopic (exact) mass is 235 g/mol. The van der Waals surface area contributed by atoms with Gasteiger partial charge in [0.25, 0.3) is 0 Å². The molecule has 0 radical (unpaired) electrons. The van der Waals surface area contributed by atoms with Crippen molar-refractivity contribution < 1.29 is 4.52 Å². The summed E-state index contributed by atoms with van der Waals surface area (Å²) in [5.74, 6) is 2.03. The van der Waals surface area contributed by atoms with Gasteiger partial charge < -0.3 is 10.3 Å². The number of nitrogen functional groups attached to an aromatic ring is 1. The van der Waals surface area contributed by atoms with Gasteiger partial charge in [0.05, 0.1) is 5.75 Å². The van der Waals surface area contributed by atoms with E-state index >= 15 is 0 Å². The molecule has 0 atom stereocenters. The van der Waals surface area contributed by atoms with Crippen LogP contribution in [0.5, 0.6) is 0 Å². The van der Waals surface area contributed by atoms with Crippen LogP contribution in [0.25, 0.3) is 0 Å². The summed E-state index contributed by atoms with van der Waals surface area (Å²) in [5, 5.41) is 3.84. The summed E-state index contributed by atoms with van der Waals surface area (Å²) in [4.78, 5) is 5.30. The van der Waals surface area contributed by atoms with Gasteiger partial charge >= 0.3 is 0 Å². The largest absolute Gasteiger partial charge is 0.399 e. The van der Waals surface area contributed by atoms with E-state index in [0.717, 1.165) is 22.0 Å². The van der Waals surface area contributed by atoms with E-state index < -0.39 is 0 Å². The minimum absolute atomic E-state index is 0.601. The summed E-state index contributed by atoms with van der Waals surface area (Å²) in [5.41, 5.74) is 7.66. The highest BCUT2D eigenvalue weighted by atomic mass is 32.2. The number of hydrogen-bond donors (Lipinski definition) is 1. The van der Waals surface area contributed by atoms with Crippen LogP contribution in [0.15, 0.2) is 27.6 Å². The summed E-state index contributed by atoms with van der Waals surface area (Å²) in [6.45, 7) is 3.78. The van der Waals surface area contributed by atoms with Crippen molar-refractivity contribution in [2.75, 3.05) is 5.73 Å². The van der Waals surface area contributed by atoms with Gasteiger partial charge in [-0.2, -0.15) is 4.98 Å². The molecule has 0 aliphatic rings. The molecule has 0 bridgehead atoms. The first kappa shape index (κ1) is 11.0. The number of aromatic nitrogens is 2. The molecule has 2 rings (SSSR count). The number of anilines is 1. The molecule has 1 aromatic heterocycles. The molecule has 2 N–H and O–H groups in total. The van der Waals surface area contributed by atoms with Crippen molar-refractivity contribution >= 4 is 17.4 Å². The van der Waals surface area contributed by atoms with Crippen LogP contribution in [0.2, 0.25) is 0 Å². The van der Waals surface area contributed by atoms with E-state index in [0.29, 0.717) is 11.6 Å². The lowest BCUT2D eigenvalue weighted by molar-refractivity contribution is 0.389. The Morgan fingerprint density at radius 3 is 2.81 bits per heavy atom. The van der Waals surface area contributed by atoms with Crippen molar-refractivity contribution in [2.24, 2.45) is 0 Å². The standard InChI is InChI=1S/C11H13N3OS/c1-7-5-9(3-4-10(7)12)16-6-11-13-8(2)15-14-11/h3-5H,6,12H2,1-2H3. The maximum atomic E-state index is 5.75. The Morgan fingerprint density at radius 2 is 2.19 bits per heavy atom. The number of nitrogens with two attached hydrogens (primary N) is 1. The summed E-state index contributed by atoms with van der Waals surface area (Å²) >= 11 is 1.67. The second kappa shape index (κ2) is 4.57. The topological polar surface area (TPSA) is 64.9 Å². The van der Waals surface area contributed by atoms with Crippen molar-refractivity contribution in [3.05, 3.63) is 35.5 Å². The van der Waals surface area contributed by atoms with E-state index in [1.165, 1.54) is 0 Å². The van der Waals surface area contributed by atoms with Crippen LogP contribution in [-0.2, 0) is 5.75 Å². The molecule has 0 aliphatic heterocycles. The highest BCUT2D eigenvalue weighted by molar-refractivity contribution is 7.98. The summed E-state index contributed by atoms with van der Waals surface area (Å²) < 4.78 is 4.90. The number of aryl methyl sites for hydroxylation is 2. The SMILES string of the molecule is Cc1nc(CSc2ccc(N)c(C)c2)no1. The molecule has 1 aromatic carbocycles. The summed E-state index contributed by atoms with van der Waals surface area (Å²) in [6, 6.07) is 5.98. The number of benzene rings is 1. The first-order valence-corrected chi connectivity index (χ1v) is 5.92. The zero-order valence-electron chi connectivity index (χ0n) is 9.23. The molecule has 2 aromatic rings. The number of thioether (sulfide) groups is 1. The van der Waals surface area contributed by atoms with Gasteiger partial charge in [-0.05, 0) is 30.7 Å². The fourth-order valence-electron chi connectivity index (χ4n) is 1.29. The van der Waals surface area contributed by atoms with Gasteiger partial charge in [-0.15, -0.1) is 11.8 Å². The Morgan fingerprint density at radius 1 is 1.38 bits per heavy atom. The van der Waals surface area contributed by atoms with E-state index in [4.69, 9.17) is 10.3 Å². The third-order valence-corrected chi connectivity index (χ3v) is 3.17. The highest BCUT2D eigenvalue weighted by Gasteiger charge is 2.03. The quantitative estimate of drug-likeness (QED) is 0.654. The van der Waals surface area contributed by atoms with Crippen molar-refractivity contribution in [1.29, 1.82) is 0 Å². The lowest BCUT2D eigenvalue weighted by Crippen LogP contribution is -1.89. The molecule has 0 aliphatic carbocycles. The van der Waals surface area contributed by atoms with Crippen LogP contribution in [0.3, 0.4) is 0 Å². The van der Waals surface area contributed by atoms with Crippen LogP contribution in [0.1, 0.15) is 17.3 Å². The Bertz CT molecular complexity index is 496. The maximum absolute atomic E-state index is 5.75. The van der Waals surface area contributed by atoms with Gasteiger partial charge in [-0.3, -0.25) is 0 Å². The zero-order valence-corrected chi connectivity index (χ0v) is 10.0. The van der Waals surface area contributed by atoms with Crippen molar-refractivity contribution in [2.45, 2.75) is 24.5 Å². The normalized spacial score (nSPS) is 10.6. The van der Waals surface area contributed by atoms with Crippen molar-refractivity contribution in [3.8, 4) is 0 Å². The predicted octanol–water partition coefficient (Wildman–Crippen LogP) is 2.56. The van der Waals surface area contributed by atoms with E-state index in [1.54, 1.807) is 18.7 Å². The molecule has 4 nitrogen and oxygen atoms in total. The van der Waals surface area contributed by atoms with Crippen molar-refractivity contribution in [1.82, 2.24) is 10.1 Å². The molecule has 0 saturated heterocycles. The second-order valence-electron chi connectivity index (χ2n) is 3.54. The smallest absolute Gasteiger partial charge is 0.223 e. The fraction of sp³-hybridized carbons (Fsp3) is 0.273. The molecule has 1 heterocycles. The van der Waals surface area contributed by atoms with Crippen LogP contribution in [-0.4, -0.2) is 10.1 Å². The minimum atomic E-state index is 0.601. The molecule has 0 amide bonds. The van der Waals surface area contributed by atoms with Gasteiger partial charge in [0.1, 0.15) is 0 Å². The molecule has 0 saturated carbocycles. The van der Waals surface area contributed by atoms with Crippen LogP contribution in [0.4, 0.5) is 5.69 Å². The van der Waals surface area contributed by atoms with Gasteiger partial charge in [0.2, 0.25) is 5.89 Å². The third-order valence-electron chi connectivity index (χ3n) is 2.18. The van der Waals surface area contributed by atoms with Crippen molar-refractivity contribution in [3.63, 3.8) is 0 Å². The summed E-state index contributed by atoms with van der Waals surface area (Å²) in [6.07, 6.45) is 0. The second-order valence-corrected chi connectivity index (χ2v) is 4.59. The lowest BCUT2D eigenvalue weighted by Gasteiger charge is -2.03. The molecule has 5 heteroatoms.